The zero-order valence-corrected chi connectivity index (χ0v) is 5.31. The largest absolute Gasteiger partial charge is 1.00 e. The van der Waals surface area contributed by atoms with E-state index in [0.29, 0.717) is 0 Å². The molecular weight excluding hydrogens is 89.9 g/mol. The Kier molecular flexibility index (Phi) is 7.52. The van der Waals surface area contributed by atoms with E-state index in [-0.39, 0.29) is 40.6 Å². The van der Waals surface area contributed by atoms with Gasteiger partial charge in [-0.2, -0.15) is 0 Å². The van der Waals surface area contributed by atoms with Crippen LogP contribution in [0.5, 0.6) is 0 Å². The average Bonchev–Trinajstić information content (AvgIpc) is 1.86. The van der Waals surface area contributed by atoms with Crippen molar-refractivity contribution >= 4 is 5.82 Å². The number of aromatic nitrogens is 1. The van der Waals surface area contributed by atoms with E-state index in [9.17, 15) is 0 Å². The van der Waals surface area contributed by atoms with Gasteiger partial charge in [0, 0.05) is 6.20 Å². The summed E-state index contributed by atoms with van der Waals surface area (Å²) >= 11 is 0. The Morgan fingerprint density at radius 3 is 2.25 bits per heavy atom. The number of nitrogens with one attached hydrogen (secondary N) is 1. The van der Waals surface area contributed by atoms with Crippen molar-refractivity contribution in [3.05, 3.63) is 18.3 Å². The summed E-state index contributed by atoms with van der Waals surface area (Å²) in [6.45, 7) is 0. The first-order chi connectivity index (χ1) is 2.89. The van der Waals surface area contributed by atoms with Gasteiger partial charge in [0.25, 0.3) is 0 Å². The van der Waals surface area contributed by atoms with E-state index < -0.39 is 0 Å². The molecule has 0 fully saturated rings. The summed E-state index contributed by atoms with van der Waals surface area (Å²) in [6, 6.07) is 3.66. The molecule has 8 heavy (non-hydrogen) atoms. The van der Waals surface area contributed by atoms with E-state index in [1.807, 2.05) is 6.07 Å². The van der Waals surface area contributed by atoms with Crippen molar-refractivity contribution in [2.75, 3.05) is 5.73 Å². The standard InChI is InChI=1S/C4H6N2.2Li.2H/c5-4-2-1-3-6-4;;;;/h1-3,6H,5H2;;;;/q;2*+1;2*-1. The van der Waals surface area contributed by atoms with E-state index in [2.05, 4.69) is 4.98 Å². The second-order valence-electron chi connectivity index (χ2n) is 1.13. The minimum absolute atomic E-state index is 0. The van der Waals surface area contributed by atoms with Crippen molar-refractivity contribution in [2.45, 2.75) is 0 Å². The van der Waals surface area contributed by atoms with Crippen LogP contribution in [0.3, 0.4) is 0 Å². The Balaban J connectivity index is -0.0000000450. The molecule has 0 radical (unpaired) electrons. The predicted molar refractivity (Wildman–Crippen MR) is 27.4 cm³/mol. The van der Waals surface area contributed by atoms with Crippen LogP contribution >= 0.6 is 0 Å². The third-order valence-electron chi connectivity index (χ3n) is 0.622. The van der Waals surface area contributed by atoms with Crippen molar-refractivity contribution in [2.24, 2.45) is 0 Å². The van der Waals surface area contributed by atoms with Gasteiger partial charge in [-0.05, 0) is 12.1 Å². The number of rotatable bonds is 0. The molecule has 4 heteroatoms. The minimum Gasteiger partial charge on any atom is -1.00 e. The van der Waals surface area contributed by atoms with Crippen LogP contribution in [0.4, 0.5) is 5.82 Å². The summed E-state index contributed by atoms with van der Waals surface area (Å²) in [5.41, 5.74) is 5.22. The molecule has 1 aromatic rings. The SMILES string of the molecule is Nc1ccc[nH]1.[H-].[H-].[Li+].[Li+]. The maximum absolute atomic E-state index is 5.22. The number of hydrogen-bond donors (Lipinski definition) is 2. The van der Waals surface area contributed by atoms with Crippen LogP contribution in [-0.4, -0.2) is 4.98 Å². The smallest absolute Gasteiger partial charge is 1.00 e. The fourth-order valence-electron chi connectivity index (χ4n) is 0.344. The summed E-state index contributed by atoms with van der Waals surface area (Å²) in [5, 5.41) is 0. The van der Waals surface area contributed by atoms with Gasteiger partial charge >= 0.3 is 37.7 Å². The van der Waals surface area contributed by atoms with Crippen LogP contribution < -0.4 is 43.5 Å². The topological polar surface area (TPSA) is 41.8 Å². The summed E-state index contributed by atoms with van der Waals surface area (Å²) < 4.78 is 0. The molecule has 0 atom stereocenters. The molecule has 0 unspecified atom stereocenters. The van der Waals surface area contributed by atoms with E-state index in [4.69, 9.17) is 5.73 Å². The molecule has 0 aromatic carbocycles. The Bertz CT molecular complexity index is 123. The van der Waals surface area contributed by atoms with Crippen molar-refractivity contribution < 1.29 is 40.6 Å². The quantitative estimate of drug-likeness (QED) is 0.313. The first kappa shape index (κ1) is 11.1. The van der Waals surface area contributed by atoms with Crippen molar-refractivity contribution in [3.63, 3.8) is 0 Å². The number of anilines is 1. The second-order valence-corrected chi connectivity index (χ2v) is 1.13. The summed E-state index contributed by atoms with van der Waals surface area (Å²) in [7, 11) is 0. The van der Waals surface area contributed by atoms with E-state index >= 15 is 0 Å². The molecule has 2 nitrogen and oxygen atoms in total. The first-order valence-corrected chi connectivity index (χ1v) is 1.78. The van der Waals surface area contributed by atoms with Crippen LogP contribution in [0.15, 0.2) is 18.3 Å². The second kappa shape index (κ2) is 5.41. The molecule has 0 amide bonds. The molecule has 1 rings (SSSR count). The number of hydrogen-bond acceptors (Lipinski definition) is 1. The number of nitrogen functional groups attached to an aromatic ring is 1. The van der Waals surface area contributed by atoms with Gasteiger partial charge in [0.2, 0.25) is 0 Å². The van der Waals surface area contributed by atoms with Crippen LogP contribution in [0.2, 0.25) is 0 Å². The van der Waals surface area contributed by atoms with Gasteiger partial charge in [-0.1, -0.05) is 0 Å². The van der Waals surface area contributed by atoms with Gasteiger partial charge < -0.3 is 13.6 Å². The Labute approximate surface area is 75.5 Å². The maximum Gasteiger partial charge on any atom is 1.00 e. The van der Waals surface area contributed by atoms with Crippen molar-refractivity contribution in [1.29, 1.82) is 0 Å². The number of H-pyrrole nitrogens is 1. The molecule has 0 aliphatic rings. The van der Waals surface area contributed by atoms with Crippen LogP contribution in [0, 0.1) is 0 Å². The molecule has 1 aromatic heterocycles. The predicted octanol–water partition coefficient (Wildman–Crippen LogP) is -5.17. The van der Waals surface area contributed by atoms with Crippen LogP contribution in [-0.2, 0) is 0 Å². The van der Waals surface area contributed by atoms with E-state index in [1.54, 1.807) is 12.3 Å². The molecular formula is C4H8Li2N2. The Hall–Kier alpha value is 0.275. The Morgan fingerprint density at radius 2 is 2.12 bits per heavy atom. The molecule has 0 aliphatic carbocycles. The Morgan fingerprint density at radius 1 is 1.50 bits per heavy atom. The molecule has 0 aliphatic heterocycles. The van der Waals surface area contributed by atoms with Crippen molar-refractivity contribution in [3.8, 4) is 0 Å². The fraction of sp³-hybridized carbons (Fsp3) is 0. The van der Waals surface area contributed by atoms with Gasteiger partial charge in [0.1, 0.15) is 5.82 Å². The molecule has 0 saturated carbocycles. The number of nitrogens with two attached hydrogens (primary N) is 1. The van der Waals surface area contributed by atoms with Gasteiger partial charge in [-0.3, -0.25) is 0 Å². The van der Waals surface area contributed by atoms with E-state index in [1.165, 1.54) is 0 Å². The monoisotopic (exact) mass is 98.1 g/mol. The normalized spacial score (nSPS) is 6.50. The van der Waals surface area contributed by atoms with Gasteiger partial charge in [0.05, 0.1) is 0 Å². The van der Waals surface area contributed by atoms with Crippen LogP contribution in [0.1, 0.15) is 2.85 Å². The summed E-state index contributed by atoms with van der Waals surface area (Å²) in [5.74, 6) is 0.718. The molecule has 3 N–H and O–H groups in total. The number of aromatic amines is 1. The minimum atomic E-state index is 0. The molecule has 0 bridgehead atoms. The molecule has 0 saturated heterocycles. The fourth-order valence-corrected chi connectivity index (χ4v) is 0.344. The molecule has 1 heterocycles. The third-order valence-corrected chi connectivity index (χ3v) is 0.622. The van der Waals surface area contributed by atoms with Crippen molar-refractivity contribution in [1.82, 2.24) is 4.98 Å². The maximum atomic E-state index is 5.22. The first-order valence-electron chi connectivity index (χ1n) is 1.78. The molecule has 0 spiro atoms. The average molecular weight is 98.0 g/mol. The third kappa shape index (κ3) is 3.30. The summed E-state index contributed by atoms with van der Waals surface area (Å²) in [4.78, 5) is 2.78. The van der Waals surface area contributed by atoms with Gasteiger partial charge in [-0.15, -0.1) is 0 Å². The zero-order valence-electron chi connectivity index (χ0n) is 7.31. The summed E-state index contributed by atoms with van der Waals surface area (Å²) in [6.07, 6.45) is 1.79. The van der Waals surface area contributed by atoms with Crippen LogP contribution in [0.25, 0.3) is 0 Å². The zero-order chi connectivity index (χ0) is 4.41. The van der Waals surface area contributed by atoms with Gasteiger partial charge in [-0.25, -0.2) is 0 Å². The molecule has 36 valence electrons. The van der Waals surface area contributed by atoms with Gasteiger partial charge in [0.15, 0.2) is 0 Å². The van der Waals surface area contributed by atoms with E-state index in [0.717, 1.165) is 5.82 Å².